The number of alkyl halides is 1. The van der Waals surface area contributed by atoms with Crippen molar-refractivity contribution in [3.63, 3.8) is 0 Å². The molecule has 1 unspecified atom stereocenters. The molecule has 0 aliphatic carbocycles. The van der Waals surface area contributed by atoms with E-state index in [0.717, 1.165) is 0 Å². The summed E-state index contributed by atoms with van der Waals surface area (Å²) in [6.07, 6.45) is 0.347. The maximum atomic E-state index is 10.8. The van der Waals surface area contributed by atoms with Gasteiger partial charge in [0, 0.05) is 25.5 Å². The van der Waals surface area contributed by atoms with Gasteiger partial charge in [-0.1, -0.05) is 6.92 Å². The number of halogens is 1. The molecule has 0 aliphatic heterocycles. The van der Waals surface area contributed by atoms with Crippen molar-refractivity contribution in [3.05, 3.63) is 0 Å². The molecule has 0 aromatic carbocycles. The second kappa shape index (κ2) is 6.43. The molecule has 0 radical (unpaired) electrons. The largest absolute Gasteiger partial charge is 0.396 e. The Morgan fingerprint density at radius 2 is 2.36 bits per heavy atom. The molecule has 1 atom stereocenters. The Balaban J connectivity index is 3.30. The molecule has 0 bridgehead atoms. The first-order chi connectivity index (χ1) is 5.20. The minimum absolute atomic E-state index is 0.0553. The summed E-state index contributed by atoms with van der Waals surface area (Å²) in [5, 5.41) is 11.3. The highest BCUT2D eigenvalue weighted by Crippen LogP contribution is 1.90. The van der Waals surface area contributed by atoms with E-state index in [1.165, 1.54) is 0 Å². The van der Waals surface area contributed by atoms with Gasteiger partial charge in [0.25, 0.3) is 0 Å². The summed E-state index contributed by atoms with van der Waals surface area (Å²) in [6.45, 7) is 2.48. The van der Waals surface area contributed by atoms with Crippen LogP contribution in [-0.2, 0) is 4.79 Å². The maximum Gasteiger partial charge on any atom is 0.221 e. The zero-order valence-electron chi connectivity index (χ0n) is 6.64. The van der Waals surface area contributed by atoms with Crippen molar-refractivity contribution in [1.82, 2.24) is 5.32 Å². The van der Waals surface area contributed by atoms with E-state index >= 15 is 0 Å². The number of aliphatic hydroxyl groups is 1. The van der Waals surface area contributed by atoms with Gasteiger partial charge in [-0.3, -0.25) is 4.79 Å². The topological polar surface area (TPSA) is 49.3 Å². The summed E-state index contributed by atoms with van der Waals surface area (Å²) in [5.74, 6) is 0.411. The Kier molecular flexibility index (Phi) is 6.27. The van der Waals surface area contributed by atoms with Gasteiger partial charge < -0.3 is 10.4 Å². The first-order valence-electron chi connectivity index (χ1n) is 3.64. The standard InChI is InChI=1S/C7H14ClNO2/c1-6(5-10)4-9-7(11)2-3-8/h6,10H,2-5H2,1H3,(H,9,11). The quantitative estimate of drug-likeness (QED) is 0.599. The molecule has 0 saturated carbocycles. The van der Waals surface area contributed by atoms with Gasteiger partial charge in [0.15, 0.2) is 0 Å². The maximum absolute atomic E-state index is 10.8. The van der Waals surface area contributed by atoms with Crippen LogP contribution in [0.5, 0.6) is 0 Å². The second-order valence-electron chi connectivity index (χ2n) is 2.53. The summed E-state index contributed by atoms with van der Waals surface area (Å²) in [4.78, 5) is 10.8. The zero-order chi connectivity index (χ0) is 8.69. The van der Waals surface area contributed by atoms with E-state index in [2.05, 4.69) is 5.32 Å². The highest BCUT2D eigenvalue weighted by atomic mass is 35.5. The molecule has 0 spiro atoms. The third-order valence-corrected chi connectivity index (χ3v) is 1.47. The summed E-state index contributed by atoms with van der Waals surface area (Å²) in [5.41, 5.74) is 0. The van der Waals surface area contributed by atoms with Gasteiger partial charge in [-0.05, 0) is 5.92 Å². The SMILES string of the molecule is CC(CO)CNC(=O)CCCl. The average Bonchev–Trinajstić information content (AvgIpc) is 2.01. The van der Waals surface area contributed by atoms with Crippen molar-refractivity contribution in [1.29, 1.82) is 0 Å². The Bertz CT molecular complexity index is 119. The fraction of sp³-hybridized carbons (Fsp3) is 0.857. The molecule has 11 heavy (non-hydrogen) atoms. The molecule has 0 saturated heterocycles. The summed E-state index contributed by atoms with van der Waals surface area (Å²) in [7, 11) is 0. The third kappa shape index (κ3) is 6.13. The van der Waals surface area contributed by atoms with Gasteiger partial charge in [-0.15, -0.1) is 11.6 Å². The van der Waals surface area contributed by atoms with Crippen LogP contribution in [0.1, 0.15) is 13.3 Å². The van der Waals surface area contributed by atoms with Gasteiger partial charge in [-0.2, -0.15) is 0 Å². The molecular formula is C7H14ClNO2. The van der Waals surface area contributed by atoms with Gasteiger partial charge >= 0.3 is 0 Å². The molecule has 2 N–H and O–H groups in total. The predicted molar refractivity (Wildman–Crippen MR) is 44.6 cm³/mol. The van der Waals surface area contributed by atoms with Crippen LogP contribution in [0.4, 0.5) is 0 Å². The molecule has 0 aromatic heterocycles. The molecule has 66 valence electrons. The average molecular weight is 180 g/mol. The fourth-order valence-electron chi connectivity index (χ4n) is 0.527. The van der Waals surface area contributed by atoms with Crippen molar-refractivity contribution >= 4 is 17.5 Å². The molecule has 0 fully saturated rings. The zero-order valence-corrected chi connectivity index (χ0v) is 7.40. The van der Waals surface area contributed by atoms with Crippen LogP contribution in [-0.4, -0.2) is 30.0 Å². The van der Waals surface area contributed by atoms with E-state index in [4.69, 9.17) is 16.7 Å². The van der Waals surface area contributed by atoms with E-state index in [-0.39, 0.29) is 18.4 Å². The van der Waals surface area contributed by atoms with Crippen LogP contribution in [0.25, 0.3) is 0 Å². The van der Waals surface area contributed by atoms with E-state index in [9.17, 15) is 4.79 Å². The van der Waals surface area contributed by atoms with Crippen LogP contribution in [0.2, 0.25) is 0 Å². The fourth-order valence-corrected chi connectivity index (χ4v) is 0.698. The van der Waals surface area contributed by atoms with Crippen LogP contribution < -0.4 is 5.32 Å². The number of rotatable bonds is 5. The van der Waals surface area contributed by atoms with Gasteiger partial charge in [0.2, 0.25) is 5.91 Å². The van der Waals surface area contributed by atoms with Gasteiger partial charge in [0.1, 0.15) is 0 Å². The molecule has 3 nitrogen and oxygen atoms in total. The minimum atomic E-state index is -0.0553. The Morgan fingerprint density at radius 1 is 1.73 bits per heavy atom. The molecule has 4 heteroatoms. The lowest BCUT2D eigenvalue weighted by Crippen LogP contribution is -2.29. The van der Waals surface area contributed by atoms with Crippen LogP contribution >= 0.6 is 11.6 Å². The summed E-state index contributed by atoms with van der Waals surface area (Å²) < 4.78 is 0. The second-order valence-corrected chi connectivity index (χ2v) is 2.91. The number of carbonyl (C=O) groups excluding carboxylic acids is 1. The highest BCUT2D eigenvalue weighted by molar-refractivity contribution is 6.18. The van der Waals surface area contributed by atoms with Crippen molar-refractivity contribution in [3.8, 4) is 0 Å². The van der Waals surface area contributed by atoms with E-state index in [1.54, 1.807) is 0 Å². The smallest absolute Gasteiger partial charge is 0.221 e. The number of aliphatic hydroxyl groups excluding tert-OH is 1. The molecule has 0 rings (SSSR count). The summed E-state index contributed by atoms with van der Waals surface area (Å²) in [6, 6.07) is 0. The third-order valence-electron chi connectivity index (χ3n) is 1.28. The van der Waals surface area contributed by atoms with Crippen molar-refractivity contribution < 1.29 is 9.90 Å². The van der Waals surface area contributed by atoms with E-state index < -0.39 is 0 Å². The molecule has 1 amide bonds. The van der Waals surface area contributed by atoms with E-state index in [1.807, 2.05) is 6.92 Å². The van der Waals surface area contributed by atoms with E-state index in [0.29, 0.717) is 18.8 Å². The van der Waals surface area contributed by atoms with Crippen molar-refractivity contribution in [2.75, 3.05) is 19.0 Å². The Morgan fingerprint density at radius 3 is 2.82 bits per heavy atom. The Labute approximate surface area is 71.7 Å². The first kappa shape index (κ1) is 10.7. The monoisotopic (exact) mass is 179 g/mol. The summed E-state index contributed by atoms with van der Waals surface area (Å²) >= 11 is 5.34. The normalized spacial score (nSPS) is 12.6. The predicted octanol–water partition coefficient (Wildman–Crippen LogP) is 0.360. The lowest BCUT2D eigenvalue weighted by atomic mass is 10.2. The van der Waals surface area contributed by atoms with Gasteiger partial charge in [0.05, 0.1) is 0 Å². The van der Waals surface area contributed by atoms with Crippen LogP contribution in [0, 0.1) is 5.92 Å². The molecule has 0 aliphatic rings. The highest BCUT2D eigenvalue weighted by Gasteiger charge is 2.02. The Hall–Kier alpha value is -0.280. The lowest BCUT2D eigenvalue weighted by Gasteiger charge is -2.08. The number of hydrogen-bond donors (Lipinski definition) is 2. The lowest BCUT2D eigenvalue weighted by molar-refractivity contribution is -0.120. The van der Waals surface area contributed by atoms with Gasteiger partial charge in [-0.25, -0.2) is 0 Å². The number of carbonyl (C=O) groups is 1. The van der Waals surface area contributed by atoms with Crippen molar-refractivity contribution in [2.24, 2.45) is 5.92 Å². The van der Waals surface area contributed by atoms with Crippen LogP contribution in [0.3, 0.4) is 0 Å². The molecular weight excluding hydrogens is 166 g/mol. The number of nitrogens with one attached hydrogen (secondary N) is 1. The number of amides is 1. The minimum Gasteiger partial charge on any atom is -0.396 e. The van der Waals surface area contributed by atoms with Crippen molar-refractivity contribution in [2.45, 2.75) is 13.3 Å². The van der Waals surface area contributed by atoms with Crippen LogP contribution in [0.15, 0.2) is 0 Å². The number of hydrogen-bond acceptors (Lipinski definition) is 2. The molecule has 0 aromatic rings. The molecule has 0 heterocycles. The first-order valence-corrected chi connectivity index (χ1v) is 4.17.